The van der Waals surface area contributed by atoms with E-state index < -0.39 is 0 Å². The number of benzene rings is 1. The highest BCUT2D eigenvalue weighted by molar-refractivity contribution is 7.09. The van der Waals surface area contributed by atoms with Crippen molar-refractivity contribution in [3.05, 3.63) is 45.9 Å². The minimum absolute atomic E-state index is 0.139. The van der Waals surface area contributed by atoms with E-state index in [1.54, 1.807) is 18.4 Å². The summed E-state index contributed by atoms with van der Waals surface area (Å²) in [4.78, 5) is 4.69. The van der Waals surface area contributed by atoms with E-state index in [-0.39, 0.29) is 5.41 Å². The summed E-state index contributed by atoms with van der Waals surface area (Å²) in [7, 11) is 1.72. The molecule has 0 saturated heterocycles. The van der Waals surface area contributed by atoms with Crippen LogP contribution in [0.15, 0.2) is 29.6 Å². The van der Waals surface area contributed by atoms with Crippen LogP contribution in [0.5, 0.6) is 5.75 Å². The van der Waals surface area contributed by atoms with Crippen LogP contribution in [0.2, 0.25) is 0 Å². The van der Waals surface area contributed by atoms with E-state index in [2.05, 4.69) is 37.5 Å². The fourth-order valence-electron chi connectivity index (χ4n) is 2.08. The number of hydrogen-bond donors (Lipinski definition) is 1. The van der Waals surface area contributed by atoms with Gasteiger partial charge in [0, 0.05) is 17.3 Å². The maximum Gasteiger partial charge on any atom is 0.122 e. The largest absolute Gasteiger partial charge is 0.496 e. The lowest BCUT2D eigenvalue weighted by atomic mass is 9.98. The van der Waals surface area contributed by atoms with E-state index in [1.165, 1.54) is 10.6 Å². The van der Waals surface area contributed by atoms with E-state index >= 15 is 0 Å². The molecule has 0 atom stereocenters. The van der Waals surface area contributed by atoms with Crippen LogP contribution >= 0.6 is 11.3 Å². The SMILES string of the molecule is COc1ccccc1CCNCc1csc(C(C)(C)C)n1. The summed E-state index contributed by atoms with van der Waals surface area (Å²) in [6.45, 7) is 8.34. The van der Waals surface area contributed by atoms with Crippen molar-refractivity contribution >= 4 is 11.3 Å². The molecule has 0 spiro atoms. The van der Waals surface area contributed by atoms with Gasteiger partial charge in [0.25, 0.3) is 0 Å². The molecule has 2 rings (SSSR count). The van der Waals surface area contributed by atoms with Crippen molar-refractivity contribution in [2.45, 2.75) is 39.2 Å². The summed E-state index contributed by atoms with van der Waals surface area (Å²) in [6, 6.07) is 8.17. The molecule has 0 aliphatic heterocycles. The molecule has 1 aromatic heterocycles. The average molecular weight is 304 g/mol. The van der Waals surface area contributed by atoms with Crippen molar-refractivity contribution < 1.29 is 4.74 Å². The van der Waals surface area contributed by atoms with Crippen LogP contribution in [-0.4, -0.2) is 18.6 Å². The number of aromatic nitrogens is 1. The first-order chi connectivity index (χ1) is 10.0. The normalized spacial score (nSPS) is 11.6. The Kier molecular flexibility index (Phi) is 5.37. The average Bonchev–Trinajstić information content (AvgIpc) is 2.93. The van der Waals surface area contributed by atoms with Gasteiger partial charge in [-0.1, -0.05) is 39.0 Å². The Hall–Kier alpha value is -1.39. The lowest BCUT2D eigenvalue weighted by Crippen LogP contribution is -2.18. The second kappa shape index (κ2) is 7.05. The molecule has 0 amide bonds. The molecule has 0 unspecified atom stereocenters. The van der Waals surface area contributed by atoms with Crippen LogP contribution in [-0.2, 0) is 18.4 Å². The summed E-state index contributed by atoms with van der Waals surface area (Å²) in [5.41, 5.74) is 2.51. The maximum atomic E-state index is 5.36. The van der Waals surface area contributed by atoms with Crippen LogP contribution in [0.25, 0.3) is 0 Å². The molecular formula is C17H24N2OS. The third kappa shape index (κ3) is 4.55. The van der Waals surface area contributed by atoms with E-state index in [9.17, 15) is 0 Å². The predicted octanol–water partition coefficient (Wildman–Crippen LogP) is 3.78. The van der Waals surface area contributed by atoms with Crippen molar-refractivity contribution in [2.75, 3.05) is 13.7 Å². The first kappa shape index (κ1) is 16.0. The summed E-state index contributed by atoms with van der Waals surface area (Å²) in [5.74, 6) is 0.961. The molecule has 0 radical (unpaired) electrons. The highest BCUT2D eigenvalue weighted by Crippen LogP contribution is 2.25. The third-order valence-electron chi connectivity index (χ3n) is 3.26. The number of nitrogens with one attached hydrogen (secondary N) is 1. The van der Waals surface area contributed by atoms with Gasteiger partial charge >= 0.3 is 0 Å². The molecule has 1 N–H and O–H groups in total. The number of rotatable bonds is 6. The number of ether oxygens (including phenoxy) is 1. The van der Waals surface area contributed by atoms with Gasteiger partial charge in [0.05, 0.1) is 17.8 Å². The number of nitrogens with zero attached hydrogens (tertiary/aromatic N) is 1. The smallest absolute Gasteiger partial charge is 0.122 e. The molecule has 1 aromatic carbocycles. The fraction of sp³-hybridized carbons (Fsp3) is 0.471. The zero-order valence-corrected chi connectivity index (χ0v) is 14.1. The van der Waals surface area contributed by atoms with Gasteiger partial charge in [0.15, 0.2) is 0 Å². The van der Waals surface area contributed by atoms with Gasteiger partial charge in [0.2, 0.25) is 0 Å². The Morgan fingerprint density at radius 3 is 2.67 bits per heavy atom. The van der Waals surface area contributed by atoms with Gasteiger partial charge < -0.3 is 10.1 Å². The first-order valence-electron chi connectivity index (χ1n) is 7.28. The molecule has 1 heterocycles. The minimum atomic E-state index is 0.139. The quantitative estimate of drug-likeness (QED) is 0.825. The fourth-order valence-corrected chi connectivity index (χ4v) is 2.99. The summed E-state index contributed by atoms with van der Waals surface area (Å²) < 4.78 is 5.36. The van der Waals surface area contributed by atoms with E-state index in [0.717, 1.165) is 31.0 Å². The second-order valence-electron chi connectivity index (χ2n) is 6.13. The topological polar surface area (TPSA) is 34.1 Å². The van der Waals surface area contributed by atoms with Crippen LogP contribution in [0, 0.1) is 0 Å². The van der Waals surface area contributed by atoms with Gasteiger partial charge in [-0.15, -0.1) is 11.3 Å². The molecule has 114 valence electrons. The second-order valence-corrected chi connectivity index (χ2v) is 6.99. The van der Waals surface area contributed by atoms with Crippen LogP contribution in [0.3, 0.4) is 0 Å². The molecular weight excluding hydrogens is 280 g/mol. The predicted molar refractivity (Wildman–Crippen MR) is 89.2 cm³/mol. The van der Waals surface area contributed by atoms with Crippen molar-refractivity contribution in [1.82, 2.24) is 10.3 Å². The molecule has 2 aromatic rings. The standard InChI is InChI=1S/C17H24N2OS/c1-17(2,3)16-19-14(12-21-16)11-18-10-9-13-7-5-6-8-15(13)20-4/h5-8,12,18H,9-11H2,1-4H3. The Balaban J connectivity index is 1.81. The van der Waals surface area contributed by atoms with Crippen LogP contribution in [0.4, 0.5) is 0 Å². The zero-order chi connectivity index (χ0) is 15.3. The van der Waals surface area contributed by atoms with Gasteiger partial charge in [-0.3, -0.25) is 0 Å². The molecule has 3 nitrogen and oxygen atoms in total. The Morgan fingerprint density at radius 2 is 2.00 bits per heavy atom. The first-order valence-corrected chi connectivity index (χ1v) is 8.16. The minimum Gasteiger partial charge on any atom is -0.496 e. The van der Waals surface area contributed by atoms with Gasteiger partial charge in [0.1, 0.15) is 5.75 Å². The number of methoxy groups -OCH3 is 1. The van der Waals surface area contributed by atoms with Crippen molar-refractivity contribution in [3.8, 4) is 5.75 Å². The Morgan fingerprint density at radius 1 is 1.24 bits per heavy atom. The van der Waals surface area contributed by atoms with Crippen molar-refractivity contribution in [3.63, 3.8) is 0 Å². The highest BCUT2D eigenvalue weighted by atomic mass is 32.1. The maximum absolute atomic E-state index is 5.36. The number of thiazole rings is 1. The molecule has 0 bridgehead atoms. The van der Waals surface area contributed by atoms with E-state index in [0.29, 0.717) is 0 Å². The monoisotopic (exact) mass is 304 g/mol. The number of para-hydroxylation sites is 1. The molecule has 0 aliphatic carbocycles. The van der Waals surface area contributed by atoms with Gasteiger partial charge in [-0.2, -0.15) is 0 Å². The third-order valence-corrected chi connectivity index (χ3v) is 4.58. The highest BCUT2D eigenvalue weighted by Gasteiger charge is 2.17. The summed E-state index contributed by atoms with van der Waals surface area (Å²) in [5, 5.41) is 6.80. The van der Waals surface area contributed by atoms with Crippen molar-refractivity contribution in [1.29, 1.82) is 0 Å². The molecule has 21 heavy (non-hydrogen) atoms. The Labute approximate surface area is 131 Å². The van der Waals surface area contributed by atoms with E-state index in [1.807, 2.05) is 18.2 Å². The van der Waals surface area contributed by atoms with Gasteiger partial charge in [-0.25, -0.2) is 4.98 Å². The lowest BCUT2D eigenvalue weighted by Gasteiger charge is -2.13. The molecule has 0 aliphatic rings. The number of hydrogen-bond acceptors (Lipinski definition) is 4. The zero-order valence-electron chi connectivity index (χ0n) is 13.3. The molecule has 0 fully saturated rings. The van der Waals surface area contributed by atoms with Crippen LogP contribution < -0.4 is 10.1 Å². The van der Waals surface area contributed by atoms with Crippen molar-refractivity contribution in [2.24, 2.45) is 0 Å². The molecule has 4 heteroatoms. The summed E-state index contributed by atoms with van der Waals surface area (Å²) in [6.07, 6.45) is 0.959. The van der Waals surface area contributed by atoms with Crippen LogP contribution in [0.1, 0.15) is 37.0 Å². The van der Waals surface area contributed by atoms with Gasteiger partial charge in [-0.05, 0) is 24.6 Å². The summed E-state index contributed by atoms with van der Waals surface area (Å²) >= 11 is 1.75. The van der Waals surface area contributed by atoms with E-state index in [4.69, 9.17) is 9.72 Å². The molecule has 0 saturated carbocycles. The Bertz CT molecular complexity index is 572. The lowest BCUT2D eigenvalue weighted by molar-refractivity contribution is 0.409.